The number of carbonyl (C=O) groups excluding carboxylic acids is 3. The van der Waals surface area contributed by atoms with Crippen LogP contribution in [-0.4, -0.2) is 85.5 Å². The SMILES string of the molecule is CCC(C)C(NC(=O)C(N)Cc1cnc[nH]1)C(=O)NC(CC(=O)O)C(=O)N1CCCC1C(=O)O. The van der Waals surface area contributed by atoms with Gasteiger partial charge in [0.05, 0.1) is 18.8 Å². The fourth-order valence-corrected chi connectivity index (χ4v) is 3.81. The van der Waals surface area contributed by atoms with Crippen LogP contribution < -0.4 is 16.4 Å². The van der Waals surface area contributed by atoms with Crippen molar-refractivity contribution in [3.05, 3.63) is 18.2 Å². The molecule has 2 heterocycles. The Morgan fingerprint density at radius 3 is 2.50 bits per heavy atom. The second-order valence-corrected chi connectivity index (χ2v) is 8.45. The summed E-state index contributed by atoms with van der Waals surface area (Å²) in [7, 11) is 0. The summed E-state index contributed by atoms with van der Waals surface area (Å²) >= 11 is 0. The molecule has 1 fully saturated rings. The van der Waals surface area contributed by atoms with Crippen molar-refractivity contribution in [1.29, 1.82) is 0 Å². The minimum absolute atomic E-state index is 0.149. The van der Waals surface area contributed by atoms with Gasteiger partial charge in [0.15, 0.2) is 0 Å². The van der Waals surface area contributed by atoms with Crippen molar-refractivity contribution in [2.75, 3.05) is 6.54 Å². The number of imidazole rings is 1. The zero-order chi connectivity index (χ0) is 25.4. The molecule has 13 nitrogen and oxygen atoms in total. The molecule has 1 saturated heterocycles. The predicted octanol–water partition coefficient (Wildman–Crippen LogP) is -1.15. The standard InChI is InChI=1S/C21H32N6O7/c1-3-11(2)17(26-18(30)13(22)7-12-9-23-10-24-12)19(31)25-14(8-16(28)29)20(32)27-6-4-5-15(27)21(33)34/h9-11,13-15,17H,3-8,22H2,1-2H3,(H,23,24)(H,25,31)(H,26,30)(H,28,29)(H,33,34). The third kappa shape index (κ3) is 7.01. The molecule has 7 N–H and O–H groups in total. The van der Waals surface area contributed by atoms with E-state index in [9.17, 15) is 34.2 Å². The Hall–Kier alpha value is -3.48. The average molecular weight is 481 g/mol. The van der Waals surface area contributed by atoms with Gasteiger partial charge in [-0.1, -0.05) is 20.3 Å². The van der Waals surface area contributed by atoms with Crippen molar-refractivity contribution in [3.8, 4) is 0 Å². The molecular formula is C21H32N6O7. The number of nitrogens with zero attached hydrogens (tertiary/aromatic N) is 2. The first kappa shape index (κ1) is 26.8. The molecule has 0 saturated carbocycles. The van der Waals surface area contributed by atoms with Gasteiger partial charge < -0.3 is 36.5 Å². The van der Waals surface area contributed by atoms with Crippen LogP contribution in [0, 0.1) is 5.92 Å². The zero-order valence-electron chi connectivity index (χ0n) is 19.2. The molecule has 0 aliphatic carbocycles. The molecular weight excluding hydrogens is 448 g/mol. The van der Waals surface area contributed by atoms with Gasteiger partial charge in [0, 0.05) is 24.9 Å². The van der Waals surface area contributed by atoms with Crippen molar-refractivity contribution < 1.29 is 34.2 Å². The molecule has 1 aliphatic rings. The number of hydrogen-bond acceptors (Lipinski definition) is 7. The van der Waals surface area contributed by atoms with Gasteiger partial charge in [-0.05, 0) is 18.8 Å². The van der Waals surface area contributed by atoms with Crippen molar-refractivity contribution in [1.82, 2.24) is 25.5 Å². The van der Waals surface area contributed by atoms with Crippen molar-refractivity contribution in [2.24, 2.45) is 11.7 Å². The molecule has 13 heteroatoms. The number of aromatic amines is 1. The molecule has 5 unspecified atom stereocenters. The number of nitrogens with one attached hydrogen (secondary N) is 3. The van der Waals surface area contributed by atoms with Crippen molar-refractivity contribution in [2.45, 2.75) is 70.1 Å². The maximum atomic E-state index is 13.1. The van der Waals surface area contributed by atoms with Gasteiger partial charge in [-0.3, -0.25) is 19.2 Å². The molecule has 1 aliphatic heterocycles. The smallest absolute Gasteiger partial charge is 0.326 e. The van der Waals surface area contributed by atoms with Gasteiger partial charge >= 0.3 is 11.9 Å². The first-order chi connectivity index (χ1) is 16.0. The lowest BCUT2D eigenvalue weighted by atomic mass is 9.97. The Kier molecular flexibility index (Phi) is 9.54. The number of likely N-dealkylation sites (tertiary alicyclic amines) is 1. The van der Waals surface area contributed by atoms with E-state index in [1.165, 1.54) is 12.5 Å². The largest absolute Gasteiger partial charge is 0.481 e. The highest BCUT2D eigenvalue weighted by Gasteiger charge is 2.39. The maximum Gasteiger partial charge on any atom is 0.326 e. The predicted molar refractivity (Wildman–Crippen MR) is 118 cm³/mol. The Morgan fingerprint density at radius 1 is 1.24 bits per heavy atom. The Morgan fingerprint density at radius 2 is 1.94 bits per heavy atom. The van der Waals surface area contributed by atoms with Crippen LogP contribution in [0.2, 0.25) is 0 Å². The lowest BCUT2D eigenvalue weighted by molar-refractivity contribution is -0.150. The van der Waals surface area contributed by atoms with E-state index in [4.69, 9.17) is 5.73 Å². The number of H-pyrrole nitrogens is 1. The zero-order valence-corrected chi connectivity index (χ0v) is 19.2. The third-order valence-corrected chi connectivity index (χ3v) is 5.94. The molecule has 0 spiro atoms. The number of rotatable bonds is 12. The number of carbonyl (C=O) groups is 5. The molecule has 0 bridgehead atoms. The van der Waals surface area contributed by atoms with Crippen LogP contribution >= 0.6 is 0 Å². The number of aromatic nitrogens is 2. The summed E-state index contributed by atoms with van der Waals surface area (Å²) in [4.78, 5) is 69.3. The fraction of sp³-hybridized carbons (Fsp3) is 0.619. The second-order valence-electron chi connectivity index (χ2n) is 8.45. The summed E-state index contributed by atoms with van der Waals surface area (Å²) in [6.45, 7) is 3.68. The molecule has 1 aromatic rings. The minimum Gasteiger partial charge on any atom is -0.481 e. The summed E-state index contributed by atoms with van der Waals surface area (Å²) in [5.74, 6) is -5.02. The van der Waals surface area contributed by atoms with Gasteiger partial charge in [0.25, 0.3) is 0 Å². The van der Waals surface area contributed by atoms with E-state index >= 15 is 0 Å². The first-order valence-corrected chi connectivity index (χ1v) is 11.1. The highest BCUT2D eigenvalue weighted by molar-refractivity contribution is 5.96. The Labute approximate surface area is 196 Å². The molecule has 2 rings (SSSR count). The summed E-state index contributed by atoms with van der Waals surface area (Å²) in [6, 6.07) is -4.61. The van der Waals surface area contributed by atoms with Crippen LogP contribution in [0.5, 0.6) is 0 Å². The highest BCUT2D eigenvalue weighted by Crippen LogP contribution is 2.19. The number of carboxylic acid groups (broad SMARTS) is 2. The van der Waals surface area contributed by atoms with Gasteiger partial charge in [0.1, 0.15) is 18.1 Å². The van der Waals surface area contributed by atoms with Crippen LogP contribution in [0.1, 0.15) is 45.2 Å². The van der Waals surface area contributed by atoms with Crippen LogP contribution in [0.25, 0.3) is 0 Å². The van der Waals surface area contributed by atoms with Crippen LogP contribution in [-0.2, 0) is 30.4 Å². The van der Waals surface area contributed by atoms with Crippen LogP contribution in [0.3, 0.4) is 0 Å². The molecule has 5 atom stereocenters. The quantitative estimate of drug-likeness (QED) is 0.213. The number of carboxylic acids is 2. The van der Waals surface area contributed by atoms with E-state index in [0.717, 1.165) is 4.90 Å². The lowest BCUT2D eigenvalue weighted by Crippen LogP contribution is -2.59. The maximum absolute atomic E-state index is 13.1. The Balaban J connectivity index is 2.14. The normalized spacial score (nSPS) is 19.0. The topological polar surface area (TPSA) is 208 Å². The molecule has 0 aromatic carbocycles. The van der Waals surface area contributed by atoms with E-state index in [0.29, 0.717) is 18.5 Å². The van der Waals surface area contributed by atoms with Gasteiger partial charge in [-0.2, -0.15) is 0 Å². The molecule has 3 amide bonds. The summed E-state index contributed by atoms with van der Waals surface area (Å²) in [5, 5.41) is 23.6. The number of hydrogen-bond donors (Lipinski definition) is 6. The van der Waals surface area contributed by atoms with E-state index in [2.05, 4.69) is 20.6 Å². The second kappa shape index (κ2) is 12.1. The van der Waals surface area contributed by atoms with Gasteiger partial charge in [-0.15, -0.1) is 0 Å². The highest BCUT2D eigenvalue weighted by atomic mass is 16.4. The minimum atomic E-state index is -1.48. The third-order valence-electron chi connectivity index (χ3n) is 5.94. The molecule has 1 aromatic heterocycles. The van der Waals surface area contributed by atoms with E-state index in [1.807, 2.05) is 6.92 Å². The average Bonchev–Trinajstić information content (AvgIpc) is 3.47. The molecule has 188 valence electrons. The number of aliphatic carboxylic acids is 2. The van der Waals surface area contributed by atoms with Crippen LogP contribution in [0.15, 0.2) is 12.5 Å². The van der Waals surface area contributed by atoms with Crippen LogP contribution in [0.4, 0.5) is 0 Å². The monoisotopic (exact) mass is 480 g/mol. The summed E-state index contributed by atoms with van der Waals surface area (Å²) in [5.41, 5.74) is 6.59. The molecule has 0 radical (unpaired) electrons. The van der Waals surface area contributed by atoms with Crippen molar-refractivity contribution in [3.63, 3.8) is 0 Å². The summed E-state index contributed by atoms with van der Waals surface area (Å²) < 4.78 is 0. The van der Waals surface area contributed by atoms with E-state index < -0.39 is 60.2 Å². The first-order valence-electron chi connectivity index (χ1n) is 11.1. The Bertz CT molecular complexity index is 890. The summed E-state index contributed by atoms with van der Waals surface area (Å²) in [6.07, 6.45) is 3.60. The van der Waals surface area contributed by atoms with E-state index in [1.54, 1.807) is 6.92 Å². The van der Waals surface area contributed by atoms with E-state index in [-0.39, 0.29) is 25.3 Å². The number of nitrogens with two attached hydrogens (primary N) is 1. The number of amides is 3. The lowest BCUT2D eigenvalue weighted by Gasteiger charge is -2.29. The molecule has 34 heavy (non-hydrogen) atoms. The van der Waals surface area contributed by atoms with Gasteiger partial charge in [0.2, 0.25) is 17.7 Å². The van der Waals surface area contributed by atoms with Gasteiger partial charge in [-0.25, -0.2) is 9.78 Å². The fourth-order valence-electron chi connectivity index (χ4n) is 3.81. The van der Waals surface area contributed by atoms with Crippen molar-refractivity contribution >= 4 is 29.7 Å².